The average molecular weight is 283 g/mol. The maximum absolute atomic E-state index is 10.7. The van der Waals surface area contributed by atoms with E-state index in [1.165, 1.54) is 0 Å². The molecule has 0 aliphatic heterocycles. The molecule has 0 aliphatic rings. The lowest BCUT2D eigenvalue weighted by atomic mass is 10.1. The number of hydrogen-bond donors (Lipinski definition) is 3. The monoisotopic (exact) mass is 282 g/mol. The molecule has 0 spiro atoms. The second-order valence-corrected chi connectivity index (χ2v) is 4.48. The molecule has 84 valence electrons. The number of aromatic nitrogens is 1. The van der Waals surface area contributed by atoms with Crippen molar-refractivity contribution < 1.29 is 9.90 Å². The Morgan fingerprint density at radius 3 is 3.00 bits per heavy atom. The van der Waals surface area contributed by atoms with Gasteiger partial charge in [0.2, 0.25) is 0 Å². The molecular formula is C11H11BrN2O2. The van der Waals surface area contributed by atoms with Crippen molar-refractivity contribution in [2.75, 3.05) is 0 Å². The highest BCUT2D eigenvalue weighted by Crippen LogP contribution is 2.27. The third-order valence-corrected chi connectivity index (χ3v) is 3.15. The first-order valence-electron chi connectivity index (χ1n) is 4.82. The van der Waals surface area contributed by atoms with Gasteiger partial charge in [0.05, 0.1) is 0 Å². The second kappa shape index (κ2) is 4.27. The number of halogens is 1. The van der Waals surface area contributed by atoms with E-state index in [1.54, 1.807) is 6.20 Å². The summed E-state index contributed by atoms with van der Waals surface area (Å²) in [6.45, 7) is 0. The van der Waals surface area contributed by atoms with Gasteiger partial charge in [-0.2, -0.15) is 0 Å². The Morgan fingerprint density at radius 1 is 1.56 bits per heavy atom. The zero-order valence-corrected chi connectivity index (χ0v) is 9.99. The Morgan fingerprint density at radius 2 is 2.31 bits per heavy atom. The highest BCUT2D eigenvalue weighted by atomic mass is 79.9. The first-order valence-corrected chi connectivity index (χ1v) is 5.61. The quantitative estimate of drug-likeness (QED) is 0.804. The number of nitrogens with two attached hydrogens (primary N) is 1. The fourth-order valence-electron chi connectivity index (χ4n) is 1.69. The minimum Gasteiger partial charge on any atom is -0.480 e. The predicted molar refractivity (Wildman–Crippen MR) is 65.3 cm³/mol. The van der Waals surface area contributed by atoms with Crippen molar-refractivity contribution in [1.82, 2.24) is 4.98 Å². The first kappa shape index (κ1) is 11.2. The van der Waals surface area contributed by atoms with Gasteiger partial charge in [-0.1, -0.05) is 22.0 Å². The van der Waals surface area contributed by atoms with Crippen molar-refractivity contribution in [3.8, 4) is 0 Å². The van der Waals surface area contributed by atoms with Crippen molar-refractivity contribution in [3.05, 3.63) is 34.4 Å². The smallest absolute Gasteiger partial charge is 0.320 e. The molecule has 1 aromatic carbocycles. The first-order chi connectivity index (χ1) is 7.59. The summed E-state index contributed by atoms with van der Waals surface area (Å²) in [6.07, 6.45) is 2.12. The number of benzene rings is 1. The molecule has 0 aliphatic carbocycles. The summed E-state index contributed by atoms with van der Waals surface area (Å²) in [7, 11) is 0. The topological polar surface area (TPSA) is 79.1 Å². The van der Waals surface area contributed by atoms with Gasteiger partial charge in [0.25, 0.3) is 0 Å². The molecule has 1 aromatic heterocycles. The van der Waals surface area contributed by atoms with Crippen LogP contribution in [0.3, 0.4) is 0 Å². The SMILES string of the molecule is N[C@@H](Cc1c[nH]c2cccc(Br)c12)C(=O)O. The molecule has 5 heteroatoms. The van der Waals surface area contributed by atoms with E-state index in [9.17, 15) is 4.79 Å². The molecule has 0 radical (unpaired) electrons. The molecule has 16 heavy (non-hydrogen) atoms. The summed E-state index contributed by atoms with van der Waals surface area (Å²) < 4.78 is 0.943. The van der Waals surface area contributed by atoms with Gasteiger partial charge in [-0.05, 0) is 17.7 Å². The summed E-state index contributed by atoms with van der Waals surface area (Å²) in [5, 5.41) is 9.77. The number of hydrogen-bond acceptors (Lipinski definition) is 2. The van der Waals surface area contributed by atoms with Gasteiger partial charge < -0.3 is 15.8 Å². The number of aromatic amines is 1. The standard InChI is InChI=1S/C11H11BrN2O2/c12-7-2-1-3-9-10(7)6(5-14-9)4-8(13)11(15)16/h1-3,5,8,14H,4,13H2,(H,15,16)/t8-/m0/s1. The van der Waals surface area contributed by atoms with Crippen LogP contribution in [0, 0.1) is 0 Å². The molecule has 0 saturated heterocycles. The van der Waals surface area contributed by atoms with Crippen molar-refractivity contribution in [2.24, 2.45) is 5.73 Å². The van der Waals surface area contributed by atoms with Crippen molar-refractivity contribution in [3.63, 3.8) is 0 Å². The molecule has 0 bridgehead atoms. The summed E-state index contributed by atoms with van der Waals surface area (Å²) in [4.78, 5) is 13.8. The number of nitrogens with one attached hydrogen (secondary N) is 1. The molecule has 0 amide bonds. The third-order valence-electron chi connectivity index (χ3n) is 2.49. The lowest BCUT2D eigenvalue weighted by Gasteiger charge is -2.05. The second-order valence-electron chi connectivity index (χ2n) is 3.63. The Balaban J connectivity index is 2.42. The summed E-state index contributed by atoms with van der Waals surface area (Å²) in [6, 6.07) is 4.91. The zero-order valence-electron chi connectivity index (χ0n) is 8.40. The molecule has 4 N–H and O–H groups in total. The molecule has 1 atom stereocenters. The van der Waals surface area contributed by atoms with Crippen LogP contribution >= 0.6 is 15.9 Å². The van der Waals surface area contributed by atoms with Crippen molar-refractivity contribution in [2.45, 2.75) is 12.5 Å². The van der Waals surface area contributed by atoms with E-state index in [2.05, 4.69) is 20.9 Å². The van der Waals surface area contributed by atoms with Crippen molar-refractivity contribution in [1.29, 1.82) is 0 Å². The van der Waals surface area contributed by atoms with Gasteiger partial charge in [0.1, 0.15) is 6.04 Å². The number of H-pyrrole nitrogens is 1. The molecule has 2 rings (SSSR count). The average Bonchev–Trinajstić information content (AvgIpc) is 2.63. The van der Waals surface area contributed by atoms with Crippen LogP contribution in [0.1, 0.15) is 5.56 Å². The third kappa shape index (κ3) is 1.96. The number of rotatable bonds is 3. The highest BCUT2D eigenvalue weighted by molar-refractivity contribution is 9.10. The number of carboxylic acids is 1. The molecule has 0 saturated carbocycles. The minimum atomic E-state index is -0.985. The maximum Gasteiger partial charge on any atom is 0.320 e. The molecule has 0 unspecified atom stereocenters. The summed E-state index contributed by atoms with van der Waals surface area (Å²) in [5.74, 6) is -0.985. The molecule has 2 aromatic rings. The van der Waals surface area contributed by atoms with E-state index >= 15 is 0 Å². The minimum absolute atomic E-state index is 0.317. The van der Waals surface area contributed by atoms with Crippen LogP contribution in [0.25, 0.3) is 10.9 Å². The van der Waals surface area contributed by atoms with Crippen LogP contribution in [-0.2, 0) is 11.2 Å². The predicted octanol–water partition coefficient (Wildman–Crippen LogP) is 1.88. The van der Waals surface area contributed by atoms with E-state index in [-0.39, 0.29) is 0 Å². The van der Waals surface area contributed by atoms with Crippen LogP contribution in [0.4, 0.5) is 0 Å². The zero-order chi connectivity index (χ0) is 11.7. The summed E-state index contributed by atoms with van der Waals surface area (Å²) >= 11 is 3.45. The molecule has 0 fully saturated rings. The Hall–Kier alpha value is -1.33. The Kier molecular flexibility index (Phi) is 2.98. The van der Waals surface area contributed by atoms with Gasteiger partial charge >= 0.3 is 5.97 Å². The van der Waals surface area contributed by atoms with Crippen molar-refractivity contribution >= 4 is 32.8 Å². The Bertz CT molecular complexity index is 536. The number of carboxylic acid groups (broad SMARTS) is 1. The van der Waals surface area contributed by atoms with Crippen LogP contribution in [0.15, 0.2) is 28.9 Å². The van der Waals surface area contributed by atoms with E-state index < -0.39 is 12.0 Å². The van der Waals surface area contributed by atoms with E-state index in [0.29, 0.717) is 6.42 Å². The number of fused-ring (bicyclic) bond motifs is 1. The van der Waals surface area contributed by atoms with Crippen LogP contribution < -0.4 is 5.73 Å². The maximum atomic E-state index is 10.7. The fourth-order valence-corrected chi connectivity index (χ4v) is 2.31. The fraction of sp³-hybridized carbons (Fsp3) is 0.182. The lowest BCUT2D eigenvalue weighted by molar-refractivity contribution is -0.138. The van der Waals surface area contributed by atoms with Gasteiger partial charge in [-0.15, -0.1) is 0 Å². The summed E-state index contributed by atoms with van der Waals surface area (Å²) in [5.41, 5.74) is 7.41. The lowest BCUT2D eigenvalue weighted by Crippen LogP contribution is -2.32. The highest BCUT2D eigenvalue weighted by Gasteiger charge is 2.15. The van der Waals surface area contributed by atoms with E-state index in [1.807, 2.05) is 18.2 Å². The number of carbonyl (C=O) groups is 1. The van der Waals surface area contributed by atoms with Crippen LogP contribution in [-0.4, -0.2) is 22.1 Å². The van der Waals surface area contributed by atoms with Gasteiger partial charge in [-0.25, -0.2) is 0 Å². The molecular weight excluding hydrogens is 272 g/mol. The largest absolute Gasteiger partial charge is 0.480 e. The van der Waals surface area contributed by atoms with E-state index in [4.69, 9.17) is 10.8 Å². The Labute approximate surface area is 101 Å². The van der Waals surface area contributed by atoms with Gasteiger partial charge in [-0.3, -0.25) is 4.79 Å². The van der Waals surface area contributed by atoms with Gasteiger partial charge in [0.15, 0.2) is 0 Å². The van der Waals surface area contributed by atoms with E-state index in [0.717, 1.165) is 20.9 Å². The van der Waals surface area contributed by atoms with Gasteiger partial charge in [0, 0.05) is 28.0 Å². The number of aliphatic carboxylic acids is 1. The van der Waals surface area contributed by atoms with Crippen LogP contribution in [0.5, 0.6) is 0 Å². The molecule has 4 nitrogen and oxygen atoms in total. The van der Waals surface area contributed by atoms with Crippen LogP contribution in [0.2, 0.25) is 0 Å². The normalized spacial score (nSPS) is 12.9. The molecule has 1 heterocycles.